The Morgan fingerprint density at radius 1 is 1.12 bits per heavy atom. The fraction of sp³-hybridized carbons (Fsp3) is 0.333. The van der Waals surface area contributed by atoms with Crippen LogP contribution in [-0.4, -0.2) is 45.3 Å². The van der Waals surface area contributed by atoms with Crippen molar-refractivity contribution in [2.45, 2.75) is 26.1 Å². The van der Waals surface area contributed by atoms with Gasteiger partial charge in [-0.2, -0.15) is 5.10 Å². The number of pyridine rings is 1. The van der Waals surface area contributed by atoms with Gasteiger partial charge in [0.25, 0.3) is 0 Å². The first-order valence-electron chi connectivity index (χ1n) is 9.24. The summed E-state index contributed by atoms with van der Waals surface area (Å²) >= 11 is 0. The molecular weight excluding hydrogens is 322 g/mol. The molecule has 26 heavy (non-hydrogen) atoms. The van der Waals surface area contributed by atoms with Gasteiger partial charge in [-0.3, -0.25) is 14.6 Å². The number of hydrogen-bond donors (Lipinski definition) is 1. The van der Waals surface area contributed by atoms with Crippen molar-refractivity contribution in [2.75, 3.05) is 19.6 Å². The molecule has 1 saturated heterocycles. The average molecular weight is 347 g/mol. The number of benzene rings is 1. The summed E-state index contributed by atoms with van der Waals surface area (Å²) in [5.41, 5.74) is 4.65. The molecule has 0 spiro atoms. The Balaban J connectivity index is 1.62. The van der Waals surface area contributed by atoms with Crippen LogP contribution >= 0.6 is 0 Å². The third kappa shape index (κ3) is 4.00. The largest absolute Gasteiger partial charge is 0.312 e. The van der Waals surface area contributed by atoms with Crippen LogP contribution in [0.3, 0.4) is 0 Å². The van der Waals surface area contributed by atoms with Crippen molar-refractivity contribution in [1.82, 2.24) is 25.0 Å². The molecule has 0 bridgehead atoms. The molecule has 4 rings (SSSR count). The molecule has 1 N–H and O–H groups in total. The van der Waals surface area contributed by atoms with Crippen molar-refractivity contribution >= 4 is 0 Å². The van der Waals surface area contributed by atoms with Crippen LogP contribution in [0, 0.1) is 0 Å². The lowest BCUT2D eigenvalue weighted by molar-refractivity contribution is 0.200. The maximum Gasteiger partial charge on any atom is 0.0983 e. The predicted octanol–water partition coefficient (Wildman–Crippen LogP) is 2.79. The van der Waals surface area contributed by atoms with E-state index in [1.54, 1.807) is 0 Å². The summed E-state index contributed by atoms with van der Waals surface area (Å²) in [6, 6.07) is 15.1. The minimum absolute atomic E-state index is 0.532. The predicted molar refractivity (Wildman–Crippen MR) is 104 cm³/mol. The monoisotopic (exact) mass is 347 g/mol. The molecule has 5 heteroatoms. The van der Waals surface area contributed by atoms with Crippen LogP contribution in [0.1, 0.15) is 18.1 Å². The summed E-state index contributed by atoms with van der Waals surface area (Å²) in [7, 11) is 0. The Kier molecular flexibility index (Phi) is 5.09. The van der Waals surface area contributed by atoms with Gasteiger partial charge in [0.05, 0.1) is 12.2 Å². The Hall–Kier alpha value is -2.50. The third-order valence-electron chi connectivity index (χ3n) is 4.81. The van der Waals surface area contributed by atoms with Crippen molar-refractivity contribution in [2.24, 2.45) is 0 Å². The topological polar surface area (TPSA) is 46.0 Å². The lowest BCUT2D eigenvalue weighted by Crippen LogP contribution is -2.48. The van der Waals surface area contributed by atoms with Crippen LogP contribution < -0.4 is 5.32 Å². The molecule has 1 aliphatic rings. The fourth-order valence-corrected chi connectivity index (χ4v) is 3.57. The Morgan fingerprint density at radius 3 is 2.77 bits per heavy atom. The fourth-order valence-electron chi connectivity index (χ4n) is 3.57. The van der Waals surface area contributed by atoms with Crippen LogP contribution in [-0.2, 0) is 13.1 Å². The first-order valence-corrected chi connectivity index (χ1v) is 9.24. The Labute approximate surface area is 154 Å². The van der Waals surface area contributed by atoms with E-state index in [1.165, 1.54) is 11.1 Å². The zero-order valence-corrected chi connectivity index (χ0v) is 15.2. The average Bonchev–Trinajstić information content (AvgIpc) is 3.05. The Morgan fingerprint density at radius 2 is 2.00 bits per heavy atom. The highest BCUT2D eigenvalue weighted by atomic mass is 15.3. The molecule has 5 nitrogen and oxygen atoms in total. The van der Waals surface area contributed by atoms with Crippen molar-refractivity contribution in [3.05, 3.63) is 72.2 Å². The van der Waals surface area contributed by atoms with E-state index in [0.717, 1.165) is 44.0 Å². The number of rotatable bonds is 5. The maximum absolute atomic E-state index is 4.89. The molecule has 0 radical (unpaired) electrons. The molecule has 3 aromatic rings. The van der Waals surface area contributed by atoms with Crippen molar-refractivity contribution < 1.29 is 0 Å². The van der Waals surface area contributed by atoms with E-state index >= 15 is 0 Å². The molecule has 0 unspecified atom stereocenters. The van der Waals surface area contributed by atoms with Crippen LogP contribution in [0.5, 0.6) is 0 Å². The summed E-state index contributed by atoms with van der Waals surface area (Å²) in [6.07, 6.45) is 5.91. The van der Waals surface area contributed by atoms with E-state index in [0.29, 0.717) is 6.04 Å². The SMILES string of the molecule is C[C@H]1CN(Cc2cn(Cc3ccccc3)nc2-c2cccnc2)CCN1. The van der Waals surface area contributed by atoms with Crippen LogP contribution in [0.15, 0.2) is 61.1 Å². The molecule has 1 atom stereocenters. The van der Waals surface area contributed by atoms with Gasteiger partial charge < -0.3 is 5.32 Å². The minimum atomic E-state index is 0.532. The van der Waals surface area contributed by atoms with E-state index in [-0.39, 0.29) is 0 Å². The number of nitrogens with one attached hydrogen (secondary N) is 1. The maximum atomic E-state index is 4.89. The van der Waals surface area contributed by atoms with Crippen LogP contribution in [0.2, 0.25) is 0 Å². The summed E-state index contributed by atoms with van der Waals surface area (Å²) in [6.45, 7) is 7.13. The molecule has 2 aromatic heterocycles. The summed E-state index contributed by atoms with van der Waals surface area (Å²) in [5, 5.41) is 8.40. The van der Waals surface area contributed by atoms with Crippen molar-refractivity contribution in [3.8, 4) is 11.3 Å². The van der Waals surface area contributed by atoms with E-state index in [1.807, 2.05) is 24.5 Å². The second-order valence-electron chi connectivity index (χ2n) is 7.02. The van der Waals surface area contributed by atoms with Gasteiger partial charge in [-0.25, -0.2) is 0 Å². The lowest BCUT2D eigenvalue weighted by atomic mass is 10.1. The zero-order chi connectivity index (χ0) is 17.8. The lowest BCUT2D eigenvalue weighted by Gasteiger charge is -2.31. The van der Waals surface area contributed by atoms with Gasteiger partial charge in [-0.15, -0.1) is 0 Å². The first-order chi connectivity index (χ1) is 12.8. The molecule has 1 aromatic carbocycles. The normalized spacial score (nSPS) is 18.1. The second-order valence-corrected chi connectivity index (χ2v) is 7.02. The Bertz CT molecular complexity index is 828. The second kappa shape index (κ2) is 7.81. The zero-order valence-electron chi connectivity index (χ0n) is 15.2. The van der Waals surface area contributed by atoms with Crippen molar-refractivity contribution in [1.29, 1.82) is 0 Å². The molecule has 0 amide bonds. The van der Waals surface area contributed by atoms with Gasteiger partial charge in [-0.05, 0) is 24.6 Å². The van der Waals surface area contributed by atoms with Gasteiger partial charge in [0.1, 0.15) is 0 Å². The molecule has 3 heterocycles. The van der Waals surface area contributed by atoms with Gasteiger partial charge in [0.2, 0.25) is 0 Å². The van der Waals surface area contributed by atoms with E-state index in [4.69, 9.17) is 5.10 Å². The summed E-state index contributed by atoms with van der Waals surface area (Å²) < 4.78 is 2.05. The quantitative estimate of drug-likeness (QED) is 0.771. The summed E-state index contributed by atoms with van der Waals surface area (Å²) in [4.78, 5) is 6.79. The first kappa shape index (κ1) is 16.9. The highest BCUT2D eigenvalue weighted by Crippen LogP contribution is 2.23. The van der Waals surface area contributed by atoms with E-state index in [2.05, 4.69) is 63.3 Å². The molecule has 1 aliphatic heterocycles. The van der Waals surface area contributed by atoms with Crippen LogP contribution in [0.25, 0.3) is 11.3 Å². The number of hydrogen-bond acceptors (Lipinski definition) is 4. The molecular formula is C21H25N5. The molecule has 0 aliphatic carbocycles. The molecule has 0 saturated carbocycles. The van der Waals surface area contributed by atoms with Crippen molar-refractivity contribution in [3.63, 3.8) is 0 Å². The minimum Gasteiger partial charge on any atom is -0.312 e. The molecule has 1 fully saturated rings. The van der Waals surface area contributed by atoms with E-state index in [9.17, 15) is 0 Å². The third-order valence-corrected chi connectivity index (χ3v) is 4.81. The summed E-state index contributed by atoms with van der Waals surface area (Å²) in [5.74, 6) is 0. The van der Waals surface area contributed by atoms with Gasteiger partial charge in [-0.1, -0.05) is 30.3 Å². The number of aromatic nitrogens is 3. The van der Waals surface area contributed by atoms with E-state index < -0.39 is 0 Å². The van der Waals surface area contributed by atoms with Gasteiger partial charge in [0, 0.05) is 61.9 Å². The number of piperazine rings is 1. The van der Waals surface area contributed by atoms with Gasteiger partial charge in [0.15, 0.2) is 0 Å². The standard InChI is InChI=1S/C21H25N5/c1-17-13-25(11-10-23-17)15-20-16-26(14-18-6-3-2-4-7-18)24-21(20)19-8-5-9-22-12-19/h2-9,12,16-17,23H,10-11,13-15H2,1H3/t17-/m0/s1. The highest BCUT2D eigenvalue weighted by molar-refractivity contribution is 5.61. The van der Waals surface area contributed by atoms with Gasteiger partial charge >= 0.3 is 0 Å². The number of nitrogens with zero attached hydrogens (tertiary/aromatic N) is 4. The molecule has 134 valence electrons. The highest BCUT2D eigenvalue weighted by Gasteiger charge is 2.19. The van der Waals surface area contributed by atoms with Crippen LogP contribution in [0.4, 0.5) is 0 Å². The smallest absolute Gasteiger partial charge is 0.0983 e.